The van der Waals surface area contributed by atoms with Crippen LogP contribution in [0, 0.1) is 10.1 Å². The minimum Gasteiger partial charge on any atom is -0.496 e. The van der Waals surface area contributed by atoms with E-state index in [1.54, 1.807) is 0 Å². The van der Waals surface area contributed by atoms with Crippen molar-refractivity contribution in [3.63, 3.8) is 0 Å². The van der Waals surface area contributed by atoms with E-state index in [0.29, 0.717) is 0 Å². The Balaban J connectivity index is 3.21. The number of nitrogens with one attached hydrogen (secondary N) is 1. The first-order chi connectivity index (χ1) is 8.27. The zero-order valence-corrected chi connectivity index (χ0v) is 10.9. The predicted molar refractivity (Wildman–Crippen MR) is 65.9 cm³/mol. The maximum absolute atomic E-state index is 11.6. The van der Waals surface area contributed by atoms with Crippen molar-refractivity contribution in [2.24, 2.45) is 0 Å². The van der Waals surface area contributed by atoms with Crippen LogP contribution < -0.4 is 9.46 Å². The van der Waals surface area contributed by atoms with Crippen molar-refractivity contribution in [3.8, 4) is 5.75 Å². The van der Waals surface area contributed by atoms with Gasteiger partial charge in [-0.2, -0.15) is 12.7 Å². The van der Waals surface area contributed by atoms with E-state index in [-0.39, 0.29) is 17.1 Å². The quantitative estimate of drug-likeness (QED) is 0.633. The fourth-order valence-electron chi connectivity index (χ4n) is 1.11. The zero-order valence-electron chi connectivity index (χ0n) is 10.1. The van der Waals surface area contributed by atoms with Crippen LogP contribution in [0.3, 0.4) is 0 Å². The van der Waals surface area contributed by atoms with Crippen molar-refractivity contribution in [1.82, 2.24) is 4.31 Å². The van der Waals surface area contributed by atoms with Crippen molar-refractivity contribution in [2.45, 2.75) is 0 Å². The van der Waals surface area contributed by atoms with Crippen LogP contribution in [-0.4, -0.2) is 38.9 Å². The van der Waals surface area contributed by atoms with Gasteiger partial charge in [-0.25, -0.2) is 0 Å². The Morgan fingerprint density at radius 1 is 1.39 bits per heavy atom. The molecule has 0 saturated carbocycles. The van der Waals surface area contributed by atoms with Gasteiger partial charge < -0.3 is 4.74 Å². The molecule has 1 rings (SSSR count). The molecule has 1 aromatic rings. The summed E-state index contributed by atoms with van der Waals surface area (Å²) in [4.78, 5) is 10.2. The number of hydrogen-bond acceptors (Lipinski definition) is 5. The van der Waals surface area contributed by atoms with E-state index in [1.165, 1.54) is 33.3 Å². The summed E-state index contributed by atoms with van der Waals surface area (Å²) in [5, 5.41) is 10.8. The Morgan fingerprint density at radius 2 is 2.00 bits per heavy atom. The van der Waals surface area contributed by atoms with Crippen LogP contribution in [-0.2, 0) is 10.2 Å². The molecule has 0 radical (unpaired) electrons. The molecule has 1 N–H and O–H groups in total. The number of anilines is 1. The lowest BCUT2D eigenvalue weighted by Gasteiger charge is -2.13. The molecule has 0 aliphatic carbocycles. The van der Waals surface area contributed by atoms with Gasteiger partial charge in [0.15, 0.2) is 0 Å². The maximum Gasteiger partial charge on any atom is 0.301 e. The summed E-state index contributed by atoms with van der Waals surface area (Å²) in [5.74, 6) is 0.273. The lowest BCUT2D eigenvalue weighted by Crippen LogP contribution is -2.29. The Labute approximate surface area is 104 Å². The Bertz CT molecular complexity index is 555. The molecule has 18 heavy (non-hydrogen) atoms. The van der Waals surface area contributed by atoms with E-state index < -0.39 is 15.1 Å². The molecule has 0 fully saturated rings. The smallest absolute Gasteiger partial charge is 0.301 e. The minimum atomic E-state index is -3.79. The largest absolute Gasteiger partial charge is 0.496 e. The summed E-state index contributed by atoms with van der Waals surface area (Å²) >= 11 is 0. The second-order valence-corrected chi connectivity index (χ2v) is 5.41. The van der Waals surface area contributed by atoms with E-state index in [9.17, 15) is 18.5 Å². The van der Waals surface area contributed by atoms with Crippen LogP contribution in [0.4, 0.5) is 11.4 Å². The summed E-state index contributed by atoms with van der Waals surface area (Å²) in [6.07, 6.45) is 0. The molecule has 0 saturated heterocycles. The maximum atomic E-state index is 11.6. The molecule has 0 aliphatic rings. The second kappa shape index (κ2) is 5.19. The Kier molecular flexibility index (Phi) is 4.09. The van der Waals surface area contributed by atoms with Crippen molar-refractivity contribution in [1.29, 1.82) is 0 Å². The van der Waals surface area contributed by atoms with Gasteiger partial charge in [-0.05, 0) is 12.1 Å². The second-order valence-electron chi connectivity index (χ2n) is 3.53. The van der Waals surface area contributed by atoms with Crippen molar-refractivity contribution >= 4 is 21.6 Å². The highest BCUT2D eigenvalue weighted by atomic mass is 32.2. The molecule has 0 spiro atoms. The van der Waals surface area contributed by atoms with E-state index in [2.05, 4.69) is 4.72 Å². The standard InChI is InChI=1S/C9H13N3O5S/c1-11(2)18(15,16)10-8-5-4-7(17-3)6-9(8)12(13)14/h4-6,10H,1-3H3. The first-order valence-electron chi connectivity index (χ1n) is 4.80. The Hall–Kier alpha value is -1.87. The molecule has 0 bridgehead atoms. The average Bonchev–Trinajstić information content (AvgIpc) is 2.28. The van der Waals surface area contributed by atoms with Gasteiger partial charge >= 0.3 is 10.2 Å². The van der Waals surface area contributed by atoms with Gasteiger partial charge in [0.1, 0.15) is 11.4 Å². The number of nitro groups is 1. The molecule has 0 heterocycles. The van der Waals surface area contributed by atoms with Gasteiger partial charge in [0, 0.05) is 14.1 Å². The number of nitro benzene ring substituents is 1. The van der Waals surface area contributed by atoms with E-state index in [4.69, 9.17) is 4.74 Å². The number of benzene rings is 1. The first-order valence-corrected chi connectivity index (χ1v) is 6.24. The molecule has 9 heteroatoms. The number of methoxy groups -OCH3 is 1. The average molecular weight is 275 g/mol. The molecule has 100 valence electrons. The van der Waals surface area contributed by atoms with Crippen molar-refractivity contribution < 1.29 is 18.1 Å². The SMILES string of the molecule is COc1ccc(NS(=O)(=O)N(C)C)c([N+](=O)[O-])c1. The molecule has 0 unspecified atom stereocenters. The van der Waals surface area contributed by atoms with Gasteiger partial charge in [0.05, 0.1) is 18.1 Å². The first kappa shape index (κ1) is 14.2. The van der Waals surface area contributed by atoms with Crippen molar-refractivity contribution in [3.05, 3.63) is 28.3 Å². The molecule has 0 aliphatic heterocycles. The van der Waals surface area contributed by atoms with E-state index >= 15 is 0 Å². The topological polar surface area (TPSA) is 102 Å². The highest BCUT2D eigenvalue weighted by Crippen LogP contribution is 2.29. The molecule has 0 aromatic heterocycles. The third kappa shape index (κ3) is 3.08. The van der Waals surface area contributed by atoms with E-state index in [0.717, 1.165) is 10.4 Å². The molecule has 0 amide bonds. The lowest BCUT2D eigenvalue weighted by atomic mass is 10.2. The van der Waals surface area contributed by atoms with E-state index in [1.807, 2.05) is 0 Å². The summed E-state index contributed by atoms with van der Waals surface area (Å²) in [5.41, 5.74) is -0.491. The zero-order chi connectivity index (χ0) is 13.9. The normalized spacial score (nSPS) is 11.3. The fourth-order valence-corrected chi connectivity index (χ4v) is 1.74. The van der Waals surface area contributed by atoms with Crippen molar-refractivity contribution in [2.75, 3.05) is 25.9 Å². The van der Waals surface area contributed by atoms with Crippen LogP contribution >= 0.6 is 0 Å². The molecular weight excluding hydrogens is 262 g/mol. The summed E-state index contributed by atoms with van der Waals surface area (Å²) in [6, 6.07) is 3.85. The monoisotopic (exact) mass is 275 g/mol. The summed E-state index contributed by atoms with van der Waals surface area (Å²) in [7, 11) is 0.209. The molecular formula is C9H13N3O5S. The summed E-state index contributed by atoms with van der Waals surface area (Å²) in [6.45, 7) is 0. The Morgan fingerprint density at radius 3 is 2.44 bits per heavy atom. The number of nitrogens with zero attached hydrogens (tertiary/aromatic N) is 2. The summed E-state index contributed by atoms with van der Waals surface area (Å²) < 4.78 is 31.1. The lowest BCUT2D eigenvalue weighted by molar-refractivity contribution is -0.384. The van der Waals surface area contributed by atoms with Gasteiger partial charge in [0.2, 0.25) is 0 Å². The molecule has 1 aromatic carbocycles. The van der Waals surface area contributed by atoms with Crippen LogP contribution in [0.25, 0.3) is 0 Å². The molecule has 0 atom stereocenters. The van der Waals surface area contributed by atoms with Gasteiger partial charge in [-0.3, -0.25) is 14.8 Å². The third-order valence-corrected chi connectivity index (χ3v) is 3.56. The highest BCUT2D eigenvalue weighted by Gasteiger charge is 2.21. The minimum absolute atomic E-state index is 0.116. The third-order valence-electron chi connectivity index (χ3n) is 2.12. The number of rotatable bonds is 5. The van der Waals surface area contributed by atoms with Gasteiger partial charge in [-0.15, -0.1) is 0 Å². The van der Waals surface area contributed by atoms with Crippen LogP contribution in [0.2, 0.25) is 0 Å². The number of hydrogen-bond donors (Lipinski definition) is 1. The predicted octanol–water partition coefficient (Wildman–Crippen LogP) is 0.822. The van der Waals surface area contributed by atoms with Crippen LogP contribution in [0.5, 0.6) is 5.75 Å². The van der Waals surface area contributed by atoms with Gasteiger partial charge in [0.25, 0.3) is 5.69 Å². The van der Waals surface area contributed by atoms with Crippen LogP contribution in [0.1, 0.15) is 0 Å². The van der Waals surface area contributed by atoms with Gasteiger partial charge in [-0.1, -0.05) is 0 Å². The van der Waals surface area contributed by atoms with Crippen LogP contribution in [0.15, 0.2) is 18.2 Å². The fraction of sp³-hybridized carbons (Fsp3) is 0.333. The number of ether oxygens (including phenoxy) is 1. The molecule has 8 nitrogen and oxygen atoms in total. The highest BCUT2D eigenvalue weighted by molar-refractivity contribution is 7.90.